The lowest BCUT2D eigenvalue weighted by molar-refractivity contribution is 0.409. The SMILES string of the molecule is c1ccc(C2N=C(c3ccc(-n4c5ccccc5c5c6c(c7ccccc7c54)-c4ccccc4C6(c4ccccc4)c4ccccc4)cc3)NC(c3ccccc3)N2)cc1. The fourth-order valence-electron chi connectivity index (χ4n) is 10.2. The maximum absolute atomic E-state index is 5.25. The summed E-state index contributed by atoms with van der Waals surface area (Å²) in [6.07, 6.45) is -0.301. The van der Waals surface area contributed by atoms with Crippen LogP contribution in [0.4, 0.5) is 0 Å². The summed E-state index contributed by atoms with van der Waals surface area (Å²) in [4.78, 5) is 5.25. The molecular weight excluding hydrogens is 729 g/mol. The summed E-state index contributed by atoms with van der Waals surface area (Å²) >= 11 is 0. The van der Waals surface area contributed by atoms with Gasteiger partial charge in [0.05, 0.1) is 16.4 Å². The second kappa shape index (κ2) is 13.8. The summed E-state index contributed by atoms with van der Waals surface area (Å²) in [5, 5.41) is 12.5. The van der Waals surface area contributed by atoms with Crippen LogP contribution in [0.5, 0.6) is 0 Å². The number of aromatic nitrogens is 1. The second-order valence-electron chi connectivity index (χ2n) is 15.9. The van der Waals surface area contributed by atoms with Crippen molar-refractivity contribution < 1.29 is 0 Å². The van der Waals surface area contributed by atoms with Crippen LogP contribution in [0.15, 0.2) is 223 Å². The predicted molar refractivity (Wildman–Crippen MR) is 247 cm³/mol. The molecule has 1 aromatic heterocycles. The molecule has 0 saturated heterocycles. The molecule has 0 saturated carbocycles. The van der Waals surface area contributed by atoms with Crippen molar-refractivity contribution in [3.63, 3.8) is 0 Å². The third kappa shape index (κ3) is 5.11. The molecule has 0 amide bonds. The Hall–Kier alpha value is -7.53. The molecule has 2 heterocycles. The number of hydrogen-bond acceptors (Lipinski definition) is 3. The highest BCUT2D eigenvalue weighted by Gasteiger charge is 2.48. The van der Waals surface area contributed by atoms with Crippen LogP contribution in [-0.2, 0) is 5.41 Å². The largest absolute Gasteiger partial charge is 0.350 e. The van der Waals surface area contributed by atoms with Crippen LogP contribution in [0.25, 0.3) is 49.4 Å². The summed E-state index contributed by atoms with van der Waals surface area (Å²) in [5.74, 6) is 0.863. The average molecular weight is 769 g/mol. The van der Waals surface area contributed by atoms with Crippen LogP contribution in [0.2, 0.25) is 0 Å². The first-order chi connectivity index (χ1) is 29.8. The van der Waals surface area contributed by atoms with Crippen molar-refractivity contribution in [3.8, 4) is 16.8 Å². The van der Waals surface area contributed by atoms with E-state index in [4.69, 9.17) is 4.99 Å². The third-order valence-electron chi connectivity index (χ3n) is 12.7. The Morgan fingerprint density at radius 3 is 1.72 bits per heavy atom. The normalized spacial score (nSPS) is 16.6. The number of aliphatic imine (C=N–C) groups is 1. The Labute approximate surface area is 349 Å². The number of amidine groups is 1. The molecule has 1 aliphatic carbocycles. The average Bonchev–Trinajstić information content (AvgIpc) is 3.84. The minimum Gasteiger partial charge on any atom is -0.350 e. The monoisotopic (exact) mass is 768 g/mol. The van der Waals surface area contributed by atoms with Gasteiger partial charge in [-0.2, -0.15) is 0 Å². The first-order valence-corrected chi connectivity index (χ1v) is 20.8. The van der Waals surface area contributed by atoms with E-state index in [1.54, 1.807) is 0 Å². The van der Waals surface area contributed by atoms with Gasteiger partial charge in [0.1, 0.15) is 18.2 Å². The minimum absolute atomic E-state index is 0.104. The lowest BCUT2D eigenvalue weighted by Gasteiger charge is -2.34. The minimum atomic E-state index is -0.557. The fourth-order valence-corrected chi connectivity index (χ4v) is 10.2. The highest BCUT2D eigenvalue weighted by atomic mass is 15.3. The van der Waals surface area contributed by atoms with Crippen molar-refractivity contribution in [2.45, 2.75) is 17.7 Å². The van der Waals surface area contributed by atoms with Gasteiger partial charge in [0, 0.05) is 27.4 Å². The van der Waals surface area contributed by atoms with E-state index >= 15 is 0 Å². The molecular formula is C56H40N4. The number of para-hydroxylation sites is 1. The van der Waals surface area contributed by atoms with Gasteiger partial charge in [-0.3, -0.25) is 5.32 Å². The van der Waals surface area contributed by atoms with E-state index in [1.165, 1.54) is 66.0 Å². The van der Waals surface area contributed by atoms with Gasteiger partial charge in [0.25, 0.3) is 0 Å². The van der Waals surface area contributed by atoms with E-state index < -0.39 is 5.41 Å². The Bertz CT molecular complexity index is 3200. The van der Waals surface area contributed by atoms with Crippen molar-refractivity contribution in [1.29, 1.82) is 0 Å². The lowest BCUT2D eigenvalue weighted by atomic mass is 9.66. The molecule has 2 aliphatic rings. The summed E-state index contributed by atoms with van der Waals surface area (Å²) in [5.41, 5.74) is 14.0. The molecule has 284 valence electrons. The Morgan fingerprint density at radius 2 is 1.03 bits per heavy atom. The quantitative estimate of drug-likeness (QED) is 0.177. The fraction of sp³-hybridized carbons (Fsp3) is 0.0536. The maximum atomic E-state index is 5.25. The zero-order valence-corrected chi connectivity index (χ0v) is 32.8. The smallest absolute Gasteiger partial charge is 0.131 e. The Morgan fingerprint density at radius 1 is 0.483 bits per heavy atom. The van der Waals surface area contributed by atoms with E-state index in [0.717, 1.165) is 28.2 Å². The molecule has 4 heteroatoms. The molecule has 2 atom stereocenters. The van der Waals surface area contributed by atoms with Crippen LogP contribution in [0.1, 0.15) is 51.3 Å². The van der Waals surface area contributed by atoms with Gasteiger partial charge < -0.3 is 9.88 Å². The molecule has 0 fully saturated rings. The first-order valence-electron chi connectivity index (χ1n) is 20.8. The van der Waals surface area contributed by atoms with Gasteiger partial charge in [-0.25, -0.2) is 4.99 Å². The van der Waals surface area contributed by atoms with Crippen LogP contribution in [0.3, 0.4) is 0 Å². The van der Waals surface area contributed by atoms with Gasteiger partial charge in [0.15, 0.2) is 0 Å². The highest BCUT2D eigenvalue weighted by Crippen LogP contribution is 2.61. The molecule has 60 heavy (non-hydrogen) atoms. The van der Waals surface area contributed by atoms with Crippen molar-refractivity contribution in [2.24, 2.45) is 4.99 Å². The number of fused-ring (bicyclic) bond motifs is 10. The Balaban J connectivity index is 1.12. The van der Waals surface area contributed by atoms with Gasteiger partial charge in [-0.05, 0) is 80.2 Å². The molecule has 0 radical (unpaired) electrons. The maximum Gasteiger partial charge on any atom is 0.131 e. The first kappa shape index (κ1) is 34.5. The van der Waals surface area contributed by atoms with E-state index in [2.05, 4.69) is 234 Å². The van der Waals surface area contributed by atoms with Crippen molar-refractivity contribution in [3.05, 3.63) is 257 Å². The number of hydrogen-bond donors (Lipinski definition) is 2. The standard InChI is InChI=1S/C56H40N4/c1-5-19-37(20-6-1)53-57-54(38-21-7-2-8-22-38)59-55(58-53)39-33-35-42(36-34-39)60-48-32-18-16-30-46(48)50-51-49(43-27-13-14-28-44(43)52(50)60)45-29-15-17-31-47(45)56(51,40-23-9-3-10-24-40)41-25-11-4-12-26-41/h1-36,53-54,57H,(H,58,59). The molecule has 12 rings (SSSR count). The Kier molecular flexibility index (Phi) is 7.94. The second-order valence-corrected chi connectivity index (χ2v) is 15.9. The predicted octanol–water partition coefficient (Wildman–Crippen LogP) is 12.6. The molecule has 0 spiro atoms. The molecule has 9 aromatic carbocycles. The van der Waals surface area contributed by atoms with Crippen LogP contribution >= 0.6 is 0 Å². The number of nitrogens with zero attached hydrogens (tertiary/aromatic N) is 2. The summed E-state index contributed by atoms with van der Waals surface area (Å²) in [6, 6.07) is 79.4. The molecule has 0 bridgehead atoms. The van der Waals surface area contributed by atoms with E-state index in [9.17, 15) is 0 Å². The van der Waals surface area contributed by atoms with Crippen LogP contribution < -0.4 is 10.6 Å². The van der Waals surface area contributed by atoms with Gasteiger partial charge in [0.2, 0.25) is 0 Å². The van der Waals surface area contributed by atoms with Gasteiger partial charge >= 0.3 is 0 Å². The molecule has 4 nitrogen and oxygen atoms in total. The van der Waals surface area contributed by atoms with E-state index in [0.29, 0.717) is 0 Å². The molecule has 2 unspecified atom stereocenters. The number of rotatable bonds is 6. The molecule has 2 N–H and O–H groups in total. The zero-order valence-electron chi connectivity index (χ0n) is 32.8. The summed E-state index contributed by atoms with van der Waals surface area (Å²) in [6.45, 7) is 0. The zero-order chi connectivity index (χ0) is 39.6. The van der Waals surface area contributed by atoms with Gasteiger partial charge in [-0.15, -0.1) is 0 Å². The van der Waals surface area contributed by atoms with Crippen LogP contribution in [0, 0.1) is 0 Å². The van der Waals surface area contributed by atoms with E-state index in [1.807, 2.05) is 0 Å². The van der Waals surface area contributed by atoms with Gasteiger partial charge in [-0.1, -0.05) is 188 Å². The topological polar surface area (TPSA) is 41.4 Å². The van der Waals surface area contributed by atoms with Crippen LogP contribution in [-0.4, -0.2) is 10.4 Å². The number of benzene rings is 9. The highest BCUT2D eigenvalue weighted by molar-refractivity contribution is 6.26. The molecule has 10 aromatic rings. The van der Waals surface area contributed by atoms with Crippen molar-refractivity contribution in [1.82, 2.24) is 15.2 Å². The lowest BCUT2D eigenvalue weighted by Crippen LogP contribution is -2.44. The van der Waals surface area contributed by atoms with Crippen molar-refractivity contribution >= 4 is 38.4 Å². The number of nitrogens with one attached hydrogen (secondary N) is 2. The van der Waals surface area contributed by atoms with E-state index in [-0.39, 0.29) is 12.3 Å². The summed E-state index contributed by atoms with van der Waals surface area (Å²) in [7, 11) is 0. The summed E-state index contributed by atoms with van der Waals surface area (Å²) < 4.78 is 2.50. The van der Waals surface area contributed by atoms with Crippen molar-refractivity contribution in [2.75, 3.05) is 0 Å². The third-order valence-corrected chi connectivity index (χ3v) is 12.7. The molecule has 1 aliphatic heterocycles.